The second kappa shape index (κ2) is 10.00. The minimum absolute atomic E-state index is 0.0992. The molecule has 0 bridgehead atoms. The predicted octanol–water partition coefficient (Wildman–Crippen LogP) is 3.03. The molecule has 1 N–H and O–H groups in total. The predicted molar refractivity (Wildman–Crippen MR) is 105 cm³/mol. The molecular formula is C21H30N2O4. The lowest BCUT2D eigenvalue weighted by Crippen LogP contribution is -2.41. The molecule has 0 aromatic heterocycles. The van der Waals surface area contributed by atoms with E-state index in [-0.39, 0.29) is 11.8 Å². The normalized spacial score (nSPS) is 15.4. The van der Waals surface area contributed by atoms with Crippen LogP contribution in [0.5, 0.6) is 11.5 Å². The van der Waals surface area contributed by atoms with Crippen LogP contribution in [0, 0.1) is 5.92 Å². The van der Waals surface area contributed by atoms with Crippen LogP contribution in [-0.2, 0) is 4.79 Å². The van der Waals surface area contributed by atoms with Crippen LogP contribution in [0.15, 0.2) is 29.8 Å². The van der Waals surface area contributed by atoms with Gasteiger partial charge in [-0.05, 0) is 50.3 Å². The lowest BCUT2D eigenvalue weighted by atomic mass is 9.96. The molecule has 1 aliphatic heterocycles. The number of amides is 2. The number of methoxy groups -OCH3 is 2. The molecule has 0 spiro atoms. The highest BCUT2D eigenvalue weighted by atomic mass is 16.5. The van der Waals surface area contributed by atoms with Crippen molar-refractivity contribution >= 4 is 11.8 Å². The van der Waals surface area contributed by atoms with Gasteiger partial charge in [-0.15, -0.1) is 0 Å². The number of allylic oxidation sites excluding steroid dienone is 1. The van der Waals surface area contributed by atoms with Crippen molar-refractivity contribution in [3.8, 4) is 11.5 Å². The third-order valence-electron chi connectivity index (χ3n) is 5.05. The average molecular weight is 374 g/mol. The first-order chi connectivity index (χ1) is 13.0. The first-order valence-electron chi connectivity index (χ1n) is 9.44. The fourth-order valence-electron chi connectivity index (χ4n) is 3.08. The Morgan fingerprint density at radius 3 is 2.44 bits per heavy atom. The number of ether oxygens (including phenoxy) is 2. The lowest BCUT2D eigenvalue weighted by Gasteiger charge is -2.31. The van der Waals surface area contributed by atoms with Crippen LogP contribution in [0.3, 0.4) is 0 Å². The van der Waals surface area contributed by atoms with Crippen LogP contribution in [0.25, 0.3) is 0 Å². The zero-order valence-corrected chi connectivity index (χ0v) is 16.7. The van der Waals surface area contributed by atoms with E-state index in [1.54, 1.807) is 38.5 Å². The fraction of sp³-hybridized carbons (Fsp3) is 0.524. The minimum Gasteiger partial charge on any atom is -0.493 e. The van der Waals surface area contributed by atoms with E-state index in [1.165, 1.54) is 0 Å². The van der Waals surface area contributed by atoms with Gasteiger partial charge in [0, 0.05) is 31.3 Å². The third kappa shape index (κ3) is 5.74. The standard InChI is InChI=1S/C21H30N2O4/c1-5-15(2)12-20(24)23-10-8-16(9-11-23)14-22-21(25)17-6-7-18(26-3)19(13-17)27-4/h6-7,12-13,16H,5,8-11,14H2,1-4H3,(H,22,25)/b15-12+. The molecule has 0 saturated carbocycles. The van der Waals surface area contributed by atoms with E-state index in [4.69, 9.17) is 9.47 Å². The van der Waals surface area contributed by atoms with Gasteiger partial charge in [-0.3, -0.25) is 9.59 Å². The molecule has 1 aliphatic rings. The molecule has 0 aliphatic carbocycles. The van der Waals surface area contributed by atoms with E-state index in [2.05, 4.69) is 5.32 Å². The van der Waals surface area contributed by atoms with Crippen molar-refractivity contribution in [3.63, 3.8) is 0 Å². The Morgan fingerprint density at radius 2 is 1.85 bits per heavy atom. The van der Waals surface area contributed by atoms with E-state index in [0.29, 0.717) is 29.5 Å². The Morgan fingerprint density at radius 1 is 1.19 bits per heavy atom. The molecular weight excluding hydrogens is 344 g/mol. The fourth-order valence-corrected chi connectivity index (χ4v) is 3.08. The first kappa shape index (κ1) is 20.8. The molecule has 1 saturated heterocycles. The Kier molecular flexibility index (Phi) is 7.70. The van der Waals surface area contributed by atoms with Crippen LogP contribution in [0.4, 0.5) is 0 Å². The monoisotopic (exact) mass is 374 g/mol. The van der Waals surface area contributed by atoms with Crippen molar-refractivity contribution in [2.45, 2.75) is 33.1 Å². The minimum atomic E-state index is -0.129. The summed E-state index contributed by atoms with van der Waals surface area (Å²) in [5.41, 5.74) is 1.64. The number of carbonyl (C=O) groups is 2. The second-order valence-electron chi connectivity index (χ2n) is 6.89. The highest BCUT2D eigenvalue weighted by Gasteiger charge is 2.22. The molecule has 27 heavy (non-hydrogen) atoms. The van der Waals surface area contributed by atoms with Gasteiger partial charge in [-0.25, -0.2) is 0 Å². The van der Waals surface area contributed by atoms with Gasteiger partial charge in [0.15, 0.2) is 11.5 Å². The summed E-state index contributed by atoms with van der Waals surface area (Å²) >= 11 is 0. The number of carbonyl (C=O) groups excluding carboxylic acids is 2. The molecule has 148 valence electrons. The van der Waals surface area contributed by atoms with E-state index < -0.39 is 0 Å². The largest absolute Gasteiger partial charge is 0.493 e. The van der Waals surface area contributed by atoms with Crippen molar-refractivity contribution in [2.24, 2.45) is 5.92 Å². The molecule has 6 heteroatoms. The number of benzene rings is 1. The number of likely N-dealkylation sites (tertiary alicyclic amines) is 1. The summed E-state index contributed by atoms with van der Waals surface area (Å²) in [5.74, 6) is 1.48. The molecule has 0 radical (unpaired) electrons. The van der Waals surface area contributed by atoms with Gasteiger partial charge in [-0.1, -0.05) is 12.5 Å². The number of hydrogen-bond acceptors (Lipinski definition) is 4. The maximum atomic E-state index is 12.4. The van der Waals surface area contributed by atoms with Crippen LogP contribution >= 0.6 is 0 Å². The van der Waals surface area contributed by atoms with Gasteiger partial charge < -0.3 is 19.7 Å². The van der Waals surface area contributed by atoms with E-state index in [1.807, 2.05) is 18.7 Å². The maximum Gasteiger partial charge on any atom is 0.251 e. The number of rotatable bonds is 7. The van der Waals surface area contributed by atoms with Gasteiger partial charge >= 0.3 is 0 Å². The van der Waals surface area contributed by atoms with Crippen molar-refractivity contribution in [3.05, 3.63) is 35.4 Å². The molecule has 0 atom stereocenters. The highest BCUT2D eigenvalue weighted by molar-refractivity contribution is 5.94. The molecule has 0 unspecified atom stereocenters. The third-order valence-corrected chi connectivity index (χ3v) is 5.05. The van der Waals surface area contributed by atoms with Crippen LogP contribution < -0.4 is 14.8 Å². The van der Waals surface area contributed by atoms with Crippen LogP contribution in [0.1, 0.15) is 43.5 Å². The van der Waals surface area contributed by atoms with Crippen molar-refractivity contribution in [2.75, 3.05) is 33.9 Å². The van der Waals surface area contributed by atoms with E-state index in [0.717, 1.165) is 37.9 Å². The molecule has 1 heterocycles. The number of piperidine rings is 1. The first-order valence-corrected chi connectivity index (χ1v) is 9.44. The molecule has 1 fully saturated rings. The summed E-state index contributed by atoms with van der Waals surface area (Å²) in [6, 6.07) is 5.13. The summed E-state index contributed by atoms with van der Waals surface area (Å²) in [4.78, 5) is 26.5. The summed E-state index contributed by atoms with van der Waals surface area (Å²) < 4.78 is 10.4. The van der Waals surface area contributed by atoms with E-state index >= 15 is 0 Å². The van der Waals surface area contributed by atoms with Crippen molar-refractivity contribution in [1.29, 1.82) is 0 Å². The Bertz CT molecular complexity index is 691. The zero-order chi connectivity index (χ0) is 19.8. The number of nitrogens with one attached hydrogen (secondary N) is 1. The molecule has 2 amide bonds. The SMILES string of the molecule is CC/C(C)=C/C(=O)N1CCC(CNC(=O)c2ccc(OC)c(OC)c2)CC1. The van der Waals surface area contributed by atoms with Crippen LogP contribution in [-0.4, -0.2) is 50.6 Å². The van der Waals surface area contributed by atoms with Gasteiger partial charge in [0.2, 0.25) is 5.91 Å². The summed E-state index contributed by atoms with van der Waals surface area (Å²) in [6.45, 7) is 6.12. The van der Waals surface area contributed by atoms with Gasteiger partial charge in [0.05, 0.1) is 14.2 Å². The number of nitrogens with zero attached hydrogens (tertiary/aromatic N) is 1. The molecule has 1 aromatic carbocycles. The van der Waals surface area contributed by atoms with E-state index in [9.17, 15) is 9.59 Å². The molecule has 6 nitrogen and oxygen atoms in total. The Hall–Kier alpha value is -2.50. The highest BCUT2D eigenvalue weighted by Crippen LogP contribution is 2.27. The lowest BCUT2D eigenvalue weighted by molar-refractivity contribution is -0.127. The second-order valence-corrected chi connectivity index (χ2v) is 6.89. The van der Waals surface area contributed by atoms with Crippen molar-refractivity contribution in [1.82, 2.24) is 10.2 Å². The Labute approximate surface area is 161 Å². The molecule has 2 rings (SSSR count). The van der Waals surface area contributed by atoms with Crippen molar-refractivity contribution < 1.29 is 19.1 Å². The quantitative estimate of drug-likeness (QED) is 0.745. The summed E-state index contributed by atoms with van der Waals surface area (Å²) in [5, 5.41) is 2.99. The Balaban J connectivity index is 1.83. The molecule has 1 aromatic rings. The smallest absolute Gasteiger partial charge is 0.251 e. The van der Waals surface area contributed by atoms with Gasteiger partial charge in [-0.2, -0.15) is 0 Å². The topological polar surface area (TPSA) is 67.9 Å². The maximum absolute atomic E-state index is 12.4. The van der Waals surface area contributed by atoms with Crippen LogP contribution in [0.2, 0.25) is 0 Å². The summed E-state index contributed by atoms with van der Waals surface area (Å²) in [7, 11) is 3.11. The zero-order valence-electron chi connectivity index (χ0n) is 16.7. The number of hydrogen-bond donors (Lipinski definition) is 1. The average Bonchev–Trinajstić information content (AvgIpc) is 2.71. The van der Waals surface area contributed by atoms with Gasteiger partial charge in [0.25, 0.3) is 5.91 Å². The summed E-state index contributed by atoms with van der Waals surface area (Å²) in [6.07, 6.45) is 4.43. The van der Waals surface area contributed by atoms with Gasteiger partial charge in [0.1, 0.15) is 0 Å².